The molecule has 2 radical (unpaired) electrons. The van der Waals surface area contributed by atoms with Gasteiger partial charge in [0.2, 0.25) is 0 Å². The monoisotopic (exact) mass is 1210 g/mol. The molecule has 0 unspecified atom stereocenters. The average Bonchev–Trinajstić information content (AvgIpc) is 3.26. The first kappa shape index (κ1) is 89.3. The summed E-state index contributed by atoms with van der Waals surface area (Å²) in [5.74, 6) is -0.290. The maximum Gasteiger partial charge on any atom is 0.0587 e. The summed E-state index contributed by atoms with van der Waals surface area (Å²) in [4.78, 5) is 0. The Labute approximate surface area is 525 Å². The van der Waals surface area contributed by atoms with Crippen LogP contribution in [-0.4, -0.2) is 13.2 Å². The first-order valence-corrected chi connectivity index (χ1v) is 28.2. The maximum absolute atomic E-state index is 13.7. The van der Waals surface area contributed by atoms with Crippen molar-refractivity contribution in [2.24, 2.45) is 0 Å². The van der Waals surface area contributed by atoms with Gasteiger partial charge in [0.25, 0.3) is 0 Å². The number of nitrogens with zero attached hydrogens (tertiary/aromatic N) is 2. The summed E-state index contributed by atoms with van der Waals surface area (Å²) in [6.45, 7) is 61.8. The molecule has 0 amide bonds. The molecule has 4 rings (SSSR count). The molecule has 0 heterocycles. The van der Waals surface area contributed by atoms with Crippen molar-refractivity contribution in [3.63, 3.8) is 0 Å². The Morgan fingerprint density at radius 3 is 0.549 bits per heavy atom. The first-order valence-electron chi connectivity index (χ1n) is 28.2. The summed E-state index contributed by atoms with van der Waals surface area (Å²) in [5, 5.41) is 88.0. The molecule has 0 bridgehead atoms. The zero-order valence-electron chi connectivity index (χ0n) is 56.7. The van der Waals surface area contributed by atoms with Crippen LogP contribution in [0.5, 0.6) is 23.0 Å². The Balaban J connectivity index is -0.000000275. The van der Waals surface area contributed by atoms with Crippen LogP contribution in [0.15, 0.2) is 48.5 Å². The van der Waals surface area contributed by atoms with Gasteiger partial charge in [-0.1, -0.05) is 255 Å². The molecule has 82 heavy (non-hydrogen) atoms. The predicted octanol–water partition coefficient (Wildman–Crippen LogP) is 14.7. The van der Waals surface area contributed by atoms with Crippen LogP contribution >= 0.6 is 0 Å². The predicted molar refractivity (Wildman–Crippen MR) is 322 cm³/mol. The van der Waals surface area contributed by atoms with Gasteiger partial charge in [0, 0.05) is 62.8 Å². The third-order valence-electron chi connectivity index (χ3n) is 13.4. The third kappa shape index (κ3) is 27.0. The van der Waals surface area contributed by atoms with Gasteiger partial charge in [0.15, 0.2) is 0 Å². The zero-order chi connectivity index (χ0) is 62.3. The molecule has 12 heteroatoms. The number of hydrogen-bond donors (Lipinski definition) is 0. The fraction of sp³-hybridized carbons (Fsp3) is 0.629. The molecule has 0 aliphatic carbocycles. The zero-order valence-corrected chi connectivity index (χ0v) is 59.5. The molecule has 0 aliphatic heterocycles. The smallest absolute Gasteiger partial charge is 0.0587 e. The van der Waals surface area contributed by atoms with E-state index < -0.39 is 0 Å². The molecule has 4 aromatic rings. The molecule has 0 aromatic heterocycles. The van der Waals surface area contributed by atoms with Crippen LogP contribution in [0.1, 0.15) is 299 Å². The van der Waals surface area contributed by atoms with Crippen LogP contribution in [0, 0.1) is 22.7 Å². The van der Waals surface area contributed by atoms with E-state index in [2.05, 4.69) is 190 Å². The second-order valence-corrected chi connectivity index (χ2v) is 29.1. The van der Waals surface area contributed by atoms with E-state index in [1.807, 2.05) is 52.0 Å². The van der Waals surface area contributed by atoms with Crippen molar-refractivity contribution in [2.45, 2.75) is 276 Å². The van der Waals surface area contributed by atoms with E-state index in [4.69, 9.17) is 10.5 Å². The van der Waals surface area contributed by atoms with Gasteiger partial charge in [-0.25, -0.2) is 0 Å². The molecule has 4 aromatic carbocycles. The minimum absolute atomic E-state index is 0. The van der Waals surface area contributed by atoms with E-state index in [0.717, 1.165) is 79.6 Å². The van der Waals surface area contributed by atoms with E-state index in [9.17, 15) is 30.6 Å². The van der Waals surface area contributed by atoms with Gasteiger partial charge in [-0.2, -0.15) is 10.5 Å². The van der Waals surface area contributed by atoms with Crippen LogP contribution < -0.4 is 30.6 Å². The fourth-order valence-electron chi connectivity index (χ4n) is 8.19. The quantitative estimate of drug-likeness (QED) is 0.179. The van der Waals surface area contributed by atoms with Crippen LogP contribution in [0.2, 0.25) is 0 Å². The topological polar surface area (TPSA) is 243 Å². The molecule has 466 valence electrons. The van der Waals surface area contributed by atoms with Crippen molar-refractivity contribution < 1.29 is 78.7 Å². The molecule has 0 spiro atoms. The van der Waals surface area contributed by atoms with E-state index in [1.54, 1.807) is 12.1 Å². The summed E-state index contributed by atoms with van der Waals surface area (Å²) in [6, 6.07) is 20.0. The Morgan fingerprint density at radius 1 is 0.341 bits per heavy atom. The van der Waals surface area contributed by atoms with Gasteiger partial charge in [0.1, 0.15) is 0 Å². The van der Waals surface area contributed by atoms with Crippen LogP contribution in [-0.2, 0) is 91.4 Å². The Morgan fingerprint density at radius 2 is 0.463 bits per heavy atom. The van der Waals surface area contributed by atoms with Gasteiger partial charge in [-0.05, 0) is 110 Å². The van der Waals surface area contributed by atoms with Gasteiger partial charge in [0.05, 0.1) is 12.1 Å². The van der Waals surface area contributed by atoms with Crippen molar-refractivity contribution in [3.8, 4) is 35.1 Å². The van der Waals surface area contributed by atoms with Crippen molar-refractivity contribution in [2.75, 3.05) is 13.2 Å². The molecule has 0 atom stereocenters. The summed E-state index contributed by atoms with van der Waals surface area (Å²) in [6.07, 6.45) is 1.53. The minimum atomic E-state index is -0.276. The van der Waals surface area contributed by atoms with Gasteiger partial charge < -0.3 is 41.6 Å². The normalized spacial score (nSPS) is 11.6. The molecular formula is C70H108N2O8V2-10. The summed E-state index contributed by atoms with van der Waals surface area (Å²) in [7, 11) is 0. The molecule has 0 saturated heterocycles. The molecular weight excluding hydrogens is 1100 g/mol. The third-order valence-corrected chi connectivity index (χ3v) is 13.4. The summed E-state index contributed by atoms with van der Waals surface area (Å²) in [5.41, 5.74) is 9.32. The van der Waals surface area contributed by atoms with E-state index in [-0.39, 0.29) is 139 Å². The summed E-state index contributed by atoms with van der Waals surface area (Å²) >= 11 is 0. The number of nitriles is 2. The first-order chi connectivity index (χ1) is 35.0. The summed E-state index contributed by atoms with van der Waals surface area (Å²) < 4.78 is 0. The Bertz CT molecular complexity index is 2260. The molecule has 10 nitrogen and oxygen atoms in total. The van der Waals surface area contributed by atoms with Crippen molar-refractivity contribution in [1.29, 1.82) is 10.5 Å². The second kappa shape index (κ2) is 35.5. The fourth-order valence-corrected chi connectivity index (χ4v) is 8.19. The van der Waals surface area contributed by atoms with Crippen molar-refractivity contribution in [3.05, 3.63) is 115 Å². The largest absolute Gasteiger partial charge is 2.00 e. The van der Waals surface area contributed by atoms with Crippen LogP contribution in [0.4, 0.5) is 0 Å². The molecule has 0 N–H and O–H groups in total. The van der Waals surface area contributed by atoms with Crippen molar-refractivity contribution >= 4 is 0 Å². The number of benzene rings is 4. The Kier molecular flexibility index (Phi) is 38.7. The Hall–Kier alpha value is -3.93. The minimum Gasteiger partial charge on any atom is -2.00 e. The van der Waals surface area contributed by atoms with E-state index in [1.165, 1.54) is 13.8 Å². The van der Waals surface area contributed by atoms with Gasteiger partial charge in [-0.15, -0.1) is 36.2 Å². The van der Waals surface area contributed by atoms with Crippen LogP contribution in [0.3, 0.4) is 0 Å². The van der Waals surface area contributed by atoms with E-state index in [0.29, 0.717) is 0 Å². The van der Waals surface area contributed by atoms with Gasteiger partial charge >= 0.3 is 0 Å². The maximum atomic E-state index is 13.7. The van der Waals surface area contributed by atoms with Gasteiger partial charge in [-0.3, -0.25) is 0 Å². The molecule has 0 fully saturated rings. The molecule has 0 aliphatic rings. The standard InChI is InChI=1S/2C30H46O2.2C3H7O.2C2H3N.2O.2V/c2*1-18(21-14-19(27(2,3)4)16-23(25(21)31)29(8,9)10)22-15-20(28(5,6)7)17-24(26(22)32)30(11,12)13;2*1-2-3-4;2*1-2-3;;;;/h2*14-18,31-32H,1-13H3;2*2-3H2,1H3;2*1H3;;;;/q;;2*-1;;;2*-2;;/p-4. The van der Waals surface area contributed by atoms with Crippen LogP contribution in [0.25, 0.3) is 0 Å². The molecule has 0 saturated carbocycles. The SMILES string of the molecule is CC#N.CC#N.CC(c1cc(C(C)(C)C)cc(C(C)(C)C)c1[O-])c1cc(C(C)(C)C)cc(C(C)(C)C)c1[O-].CC(c1cc(C(C)(C)C)cc(C(C)(C)C)c1[O-])c1cc(C(C)(C)C)cc(C(C)(C)C)c1[O-].CCC[O-].CCC[O-].[O-2].[O-2].[V].[V]. The number of rotatable bonds is 6. The van der Waals surface area contributed by atoms with Crippen molar-refractivity contribution in [1.82, 2.24) is 0 Å². The van der Waals surface area contributed by atoms with E-state index >= 15 is 0 Å². The average molecular weight is 1210 g/mol. The second-order valence-electron chi connectivity index (χ2n) is 29.1. The number of hydrogen-bond acceptors (Lipinski definition) is 8.